The first-order valence-corrected chi connectivity index (χ1v) is 9.14. The van der Waals surface area contributed by atoms with Crippen molar-refractivity contribution in [3.05, 3.63) is 45.9 Å². The minimum Gasteiger partial charge on any atom is -0.497 e. The summed E-state index contributed by atoms with van der Waals surface area (Å²) in [5.74, 6) is 1.29. The Morgan fingerprint density at radius 3 is 2.32 bits per heavy atom. The number of hydrogen-bond acceptors (Lipinski definition) is 4. The number of aromatic nitrogens is 1. The van der Waals surface area contributed by atoms with Gasteiger partial charge in [0, 0.05) is 24.4 Å². The molecule has 2 aromatic rings. The Kier molecular flexibility index (Phi) is 8.99. The fraction of sp³-hybridized carbons (Fsp3) is 0.444. The number of halogens is 4. The second-order valence-electron chi connectivity index (χ2n) is 6.52. The molecule has 0 spiro atoms. The van der Waals surface area contributed by atoms with E-state index in [4.69, 9.17) is 4.74 Å². The van der Waals surface area contributed by atoms with Gasteiger partial charge in [-0.2, -0.15) is 13.2 Å². The number of aliphatic imine (C=N–C) groups is 1. The van der Waals surface area contributed by atoms with E-state index in [9.17, 15) is 13.2 Å². The van der Waals surface area contributed by atoms with E-state index in [1.54, 1.807) is 14.2 Å². The van der Waals surface area contributed by atoms with Gasteiger partial charge in [-0.1, -0.05) is 26.0 Å². The van der Waals surface area contributed by atoms with Crippen LogP contribution >= 0.6 is 35.3 Å². The number of nitrogens with zero attached hydrogens (tertiary/aromatic N) is 2. The van der Waals surface area contributed by atoms with Gasteiger partial charge in [0.25, 0.3) is 0 Å². The number of hydrogen-bond donors (Lipinski definition) is 2. The molecule has 0 bridgehead atoms. The topological polar surface area (TPSA) is 58.5 Å². The standard InChI is InChI=1S/C18H23F3N4OS.HI/c1-17(2,12-5-7-13(26-4)8-6-12)11-24-16(22-3)23-9-15-25-14(10-27-15)18(19,20)21;/h5-8,10H,9,11H2,1-4H3,(H2,22,23,24);1H. The molecule has 2 rings (SSSR count). The van der Waals surface area contributed by atoms with E-state index in [-0.39, 0.29) is 35.9 Å². The SMILES string of the molecule is CN=C(NCc1nc(C(F)(F)F)cs1)NCC(C)(C)c1ccc(OC)cc1.I. The lowest BCUT2D eigenvalue weighted by atomic mass is 9.84. The molecule has 28 heavy (non-hydrogen) atoms. The van der Waals surface area contributed by atoms with E-state index in [1.807, 2.05) is 24.3 Å². The molecule has 10 heteroatoms. The number of benzene rings is 1. The van der Waals surface area contributed by atoms with Crippen LogP contribution < -0.4 is 15.4 Å². The number of nitrogens with one attached hydrogen (secondary N) is 2. The molecule has 156 valence electrons. The minimum absolute atomic E-state index is 0. The summed E-state index contributed by atoms with van der Waals surface area (Å²) < 4.78 is 43.0. The lowest BCUT2D eigenvalue weighted by Crippen LogP contribution is -2.43. The molecular weight excluding hydrogens is 504 g/mol. The number of rotatable bonds is 6. The van der Waals surface area contributed by atoms with Crippen molar-refractivity contribution in [3.8, 4) is 5.75 Å². The summed E-state index contributed by atoms with van der Waals surface area (Å²) in [6.45, 7) is 4.94. The lowest BCUT2D eigenvalue weighted by molar-refractivity contribution is -0.140. The Labute approximate surface area is 183 Å². The third-order valence-electron chi connectivity index (χ3n) is 4.04. The Morgan fingerprint density at radius 2 is 1.82 bits per heavy atom. The van der Waals surface area contributed by atoms with Crippen molar-refractivity contribution in [3.63, 3.8) is 0 Å². The van der Waals surface area contributed by atoms with Crippen molar-refractivity contribution in [2.75, 3.05) is 20.7 Å². The third-order valence-corrected chi connectivity index (χ3v) is 4.89. The number of alkyl halides is 3. The second-order valence-corrected chi connectivity index (χ2v) is 7.46. The summed E-state index contributed by atoms with van der Waals surface area (Å²) in [5, 5.41) is 7.56. The highest BCUT2D eigenvalue weighted by Gasteiger charge is 2.33. The van der Waals surface area contributed by atoms with Crippen LogP contribution in [0.4, 0.5) is 13.2 Å². The highest BCUT2D eigenvalue weighted by atomic mass is 127. The van der Waals surface area contributed by atoms with Crippen LogP contribution in [-0.2, 0) is 18.1 Å². The van der Waals surface area contributed by atoms with Crippen LogP contribution in [0.5, 0.6) is 5.75 Å². The van der Waals surface area contributed by atoms with Crippen LogP contribution in [0.1, 0.15) is 30.1 Å². The normalized spacial score (nSPS) is 12.3. The molecule has 5 nitrogen and oxygen atoms in total. The van der Waals surface area contributed by atoms with E-state index in [0.29, 0.717) is 17.5 Å². The van der Waals surface area contributed by atoms with E-state index in [0.717, 1.165) is 28.0 Å². The van der Waals surface area contributed by atoms with Gasteiger partial charge >= 0.3 is 6.18 Å². The van der Waals surface area contributed by atoms with Gasteiger partial charge < -0.3 is 15.4 Å². The van der Waals surface area contributed by atoms with Crippen molar-refractivity contribution in [2.24, 2.45) is 4.99 Å². The van der Waals surface area contributed by atoms with E-state index in [1.165, 1.54) is 0 Å². The summed E-state index contributed by atoms with van der Waals surface area (Å²) in [7, 11) is 3.23. The highest BCUT2D eigenvalue weighted by molar-refractivity contribution is 14.0. The van der Waals surface area contributed by atoms with Crippen LogP contribution in [0.2, 0.25) is 0 Å². The fourth-order valence-corrected chi connectivity index (χ4v) is 3.09. The van der Waals surface area contributed by atoms with Gasteiger partial charge in [0.2, 0.25) is 0 Å². The predicted molar refractivity (Wildman–Crippen MR) is 117 cm³/mol. The van der Waals surface area contributed by atoms with Gasteiger partial charge in [-0.15, -0.1) is 35.3 Å². The summed E-state index contributed by atoms with van der Waals surface area (Å²) in [6.07, 6.45) is -4.42. The van der Waals surface area contributed by atoms with E-state index >= 15 is 0 Å². The molecule has 0 saturated carbocycles. The first-order valence-electron chi connectivity index (χ1n) is 8.26. The van der Waals surface area contributed by atoms with Crippen LogP contribution in [0.25, 0.3) is 0 Å². The summed E-state index contributed by atoms with van der Waals surface area (Å²) >= 11 is 0.965. The molecule has 0 aliphatic heterocycles. The molecule has 0 saturated heterocycles. The van der Waals surface area contributed by atoms with Crippen molar-refractivity contribution in [1.82, 2.24) is 15.6 Å². The molecule has 1 aromatic carbocycles. The smallest absolute Gasteiger partial charge is 0.434 e. The van der Waals surface area contributed by atoms with Gasteiger partial charge in [-0.25, -0.2) is 4.98 Å². The Hall–Kier alpha value is -1.56. The van der Waals surface area contributed by atoms with E-state index < -0.39 is 11.9 Å². The largest absolute Gasteiger partial charge is 0.497 e. The van der Waals surface area contributed by atoms with Crippen LogP contribution in [-0.4, -0.2) is 31.6 Å². The van der Waals surface area contributed by atoms with Gasteiger partial charge in [0.05, 0.1) is 13.7 Å². The fourth-order valence-electron chi connectivity index (χ4n) is 2.35. The van der Waals surface area contributed by atoms with Crippen molar-refractivity contribution in [1.29, 1.82) is 0 Å². The number of ether oxygens (including phenoxy) is 1. The van der Waals surface area contributed by atoms with Gasteiger partial charge in [0.15, 0.2) is 11.7 Å². The van der Waals surface area contributed by atoms with Crippen molar-refractivity contribution >= 4 is 41.3 Å². The first kappa shape index (κ1) is 24.5. The number of thiazole rings is 1. The zero-order valence-corrected chi connectivity index (χ0v) is 19.2. The third kappa shape index (κ3) is 6.80. The maximum atomic E-state index is 12.6. The van der Waals surface area contributed by atoms with Gasteiger partial charge in [-0.3, -0.25) is 4.99 Å². The zero-order chi connectivity index (χ0) is 20.1. The van der Waals surface area contributed by atoms with Gasteiger partial charge in [0.1, 0.15) is 10.8 Å². The van der Waals surface area contributed by atoms with Gasteiger partial charge in [-0.05, 0) is 17.7 Å². The Balaban J connectivity index is 0.00000392. The average Bonchev–Trinajstić information content (AvgIpc) is 3.11. The lowest BCUT2D eigenvalue weighted by Gasteiger charge is -2.27. The van der Waals surface area contributed by atoms with E-state index in [2.05, 4.69) is 34.5 Å². The quantitative estimate of drug-likeness (QED) is 0.331. The molecule has 0 unspecified atom stereocenters. The van der Waals surface area contributed by atoms with Crippen LogP contribution in [0.15, 0.2) is 34.6 Å². The second kappa shape index (κ2) is 10.3. The Morgan fingerprint density at radius 1 is 1.18 bits per heavy atom. The first-order chi connectivity index (χ1) is 12.7. The molecule has 1 aromatic heterocycles. The summed E-state index contributed by atoms with van der Waals surface area (Å²) in [6, 6.07) is 7.82. The van der Waals surface area contributed by atoms with Crippen molar-refractivity contribution < 1.29 is 17.9 Å². The molecule has 0 radical (unpaired) electrons. The van der Waals surface area contributed by atoms with Crippen LogP contribution in [0.3, 0.4) is 0 Å². The molecule has 1 heterocycles. The minimum atomic E-state index is -4.42. The maximum absolute atomic E-state index is 12.6. The molecule has 0 amide bonds. The zero-order valence-electron chi connectivity index (χ0n) is 16.1. The molecular formula is C18H24F3IN4OS. The molecule has 0 atom stereocenters. The molecule has 0 aliphatic carbocycles. The summed E-state index contributed by atoms with van der Waals surface area (Å²) in [4.78, 5) is 7.71. The maximum Gasteiger partial charge on any atom is 0.434 e. The molecule has 2 N–H and O–H groups in total. The summed E-state index contributed by atoms with van der Waals surface area (Å²) in [5.41, 5.74) is 0.0722. The molecule has 0 fully saturated rings. The average molecular weight is 528 g/mol. The molecule has 0 aliphatic rings. The monoisotopic (exact) mass is 528 g/mol. The highest BCUT2D eigenvalue weighted by Crippen LogP contribution is 2.30. The number of methoxy groups -OCH3 is 1. The van der Waals surface area contributed by atoms with Crippen LogP contribution in [0, 0.1) is 0 Å². The predicted octanol–water partition coefficient (Wildman–Crippen LogP) is 4.43. The van der Waals surface area contributed by atoms with Crippen molar-refractivity contribution in [2.45, 2.75) is 32.0 Å². The Bertz CT molecular complexity index is 776. The number of guanidine groups is 1.